The van der Waals surface area contributed by atoms with Gasteiger partial charge in [0.15, 0.2) is 11.5 Å². The van der Waals surface area contributed by atoms with Gasteiger partial charge in [0.2, 0.25) is 5.91 Å². The van der Waals surface area contributed by atoms with Gasteiger partial charge in [0.1, 0.15) is 5.78 Å². The zero-order valence-corrected chi connectivity index (χ0v) is 38.5. The molecular weight excluding hydrogens is 790 g/mol. The van der Waals surface area contributed by atoms with Gasteiger partial charge >= 0.3 is 5.97 Å². The summed E-state index contributed by atoms with van der Waals surface area (Å²) >= 11 is 6.01. The van der Waals surface area contributed by atoms with Gasteiger partial charge < -0.3 is 26.6 Å². The Bertz CT molecular complexity index is 1950. The third kappa shape index (κ3) is 8.06. The Morgan fingerprint density at radius 3 is 2.26 bits per heavy atom. The molecule has 5 saturated carbocycles. The number of carbonyl (C=O) groups excluding carboxylic acids is 4. The number of ketones is 2. The van der Waals surface area contributed by atoms with Crippen molar-refractivity contribution in [2.75, 3.05) is 13.1 Å². The number of nitrogens with two attached hydrogens (primary N) is 1. The van der Waals surface area contributed by atoms with E-state index in [9.17, 15) is 34.2 Å². The minimum atomic E-state index is -1.72. The van der Waals surface area contributed by atoms with Crippen molar-refractivity contribution in [1.82, 2.24) is 10.6 Å². The lowest BCUT2D eigenvalue weighted by Gasteiger charge is -2.69. The van der Waals surface area contributed by atoms with Gasteiger partial charge in [0.25, 0.3) is 5.91 Å². The number of Topliss-reactive ketones (excluding diaryl/α,β-unsaturated/α-hetero) is 2. The molecule has 11 heteroatoms. The predicted molar refractivity (Wildman–Crippen MR) is 236 cm³/mol. The summed E-state index contributed by atoms with van der Waals surface area (Å²) in [6.45, 7) is 16.1. The van der Waals surface area contributed by atoms with E-state index in [2.05, 4.69) is 52.2 Å². The van der Waals surface area contributed by atoms with Crippen molar-refractivity contribution < 1.29 is 34.2 Å². The van der Waals surface area contributed by atoms with Crippen LogP contribution in [0, 0.1) is 74.9 Å². The molecule has 6 N–H and O–H groups in total. The fraction of sp³-hybridized carbons (Fsp3) is 0.740. The number of carboxylic acid groups (broad SMARTS) is 1. The van der Waals surface area contributed by atoms with Crippen molar-refractivity contribution >= 4 is 41.0 Å². The zero-order valence-electron chi connectivity index (χ0n) is 37.7. The van der Waals surface area contributed by atoms with Gasteiger partial charge in [-0.05, 0) is 165 Å². The largest absolute Gasteiger partial charge is 0.481 e. The summed E-state index contributed by atoms with van der Waals surface area (Å²) in [6, 6.07) is 6.46. The highest BCUT2D eigenvalue weighted by atomic mass is 35.5. The summed E-state index contributed by atoms with van der Waals surface area (Å²) in [7, 11) is 0. The molecule has 6 aliphatic rings. The lowest BCUT2D eigenvalue weighted by Crippen LogP contribution is -2.62. The summed E-state index contributed by atoms with van der Waals surface area (Å²) in [5.74, 6) is 0.182. The average molecular weight is 863 g/mol. The molecule has 0 aliphatic heterocycles. The van der Waals surface area contributed by atoms with Gasteiger partial charge in [-0.3, -0.25) is 24.0 Å². The smallest absolute Gasteiger partial charge is 0.306 e. The fourth-order valence-electron chi connectivity index (χ4n) is 15.1. The molecule has 2 amide bonds. The third-order valence-corrected chi connectivity index (χ3v) is 18.5. The second kappa shape index (κ2) is 16.8. The molecule has 0 radical (unpaired) electrons. The predicted octanol–water partition coefficient (Wildman–Crippen LogP) is 8.53. The highest BCUT2D eigenvalue weighted by molar-refractivity contribution is 6.30. The average Bonchev–Trinajstić information content (AvgIpc) is 3.48. The van der Waals surface area contributed by atoms with Crippen molar-refractivity contribution in [2.24, 2.45) is 80.7 Å². The van der Waals surface area contributed by atoms with Gasteiger partial charge in [-0.1, -0.05) is 65.6 Å². The number of rotatable bonds is 14. The molecule has 5 fully saturated rings. The van der Waals surface area contributed by atoms with E-state index in [-0.39, 0.29) is 82.7 Å². The summed E-state index contributed by atoms with van der Waals surface area (Å²) in [5, 5.41) is 27.6. The molecule has 0 bridgehead atoms. The van der Waals surface area contributed by atoms with Crippen LogP contribution in [0.4, 0.5) is 0 Å². The lowest BCUT2D eigenvalue weighted by molar-refractivity contribution is -0.193. The molecular formula is C50H72ClN3O7. The topological polar surface area (TPSA) is 176 Å². The molecule has 12 unspecified atom stereocenters. The van der Waals surface area contributed by atoms with Crippen molar-refractivity contribution in [3.8, 4) is 0 Å². The Hall–Kier alpha value is -3.08. The normalized spacial score (nSPS) is 37.3. The van der Waals surface area contributed by atoms with Crippen LogP contribution in [0.2, 0.25) is 5.02 Å². The highest BCUT2D eigenvalue weighted by Gasteiger charge is 2.66. The SMILES string of the molecule is CC(C)C1=C2C3CCC4C(C)(CCC5C(C)(C)C(CC(=O)C6CC(C(=O)O)C6C)CCC54C)C3CCC2(CC(=O)NC(O)(CCCN)CNC(=O)c2ccc(Cl)cc2)CC1=O. The number of aliphatic carboxylic acids is 1. The monoisotopic (exact) mass is 862 g/mol. The number of amides is 2. The van der Waals surface area contributed by atoms with Crippen LogP contribution in [-0.2, 0) is 19.2 Å². The molecule has 1 aromatic carbocycles. The molecule has 61 heavy (non-hydrogen) atoms. The van der Waals surface area contributed by atoms with Gasteiger partial charge in [-0.15, -0.1) is 0 Å². The molecule has 0 spiro atoms. The molecule has 0 saturated heterocycles. The maximum atomic E-state index is 14.3. The standard InChI is InChI=1S/C50H72ClN3O7/c1-28(2)42-38(56)25-49(26-41(57)54-50(61,18-8-22-52)27-53-44(58)30-9-11-32(51)12-10-30)21-16-36-33(43(42)49)13-14-40-47(36,6)20-17-39-46(4,5)31(15-19-48(39,40)7)23-37(55)34-24-35(29(34)3)45(59)60/h9-12,28-29,31,33-36,39-40,61H,8,13-27,52H2,1-7H3,(H,53,58)(H,54,57)(H,59,60). The van der Waals surface area contributed by atoms with E-state index in [1.807, 2.05) is 6.92 Å². The summed E-state index contributed by atoms with van der Waals surface area (Å²) < 4.78 is 0. The molecule has 7 rings (SSSR count). The summed E-state index contributed by atoms with van der Waals surface area (Å²) in [5.41, 5.74) is 6.19. The van der Waals surface area contributed by atoms with Gasteiger partial charge in [-0.25, -0.2) is 0 Å². The highest BCUT2D eigenvalue weighted by Crippen LogP contribution is 2.74. The van der Waals surface area contributed by atoms with Crippen LogP contribution >= 0.6 is 11.6 Å². The molecule has 1 aromatic rings. The number of fused-ring (bicyclic) bond motifs is 7. The first-order valence-electron chi connectivity index (χ1n) is 23.4. The van der Waals surface area contributed by atoms with Crippen LogP contribution < -0.4 is 16.4 Å². The zero-order chi connectivity index (χ0) is 44.4. The van der Waals surface area contributed by atoms with E-state index in [4.69, 9.17) is 17.3 Å². The maximum Gasteiger partial charge on any atom is 0.306 e. The second-order valence-corrected chi connectivity index (χ2v) is 22.5. The molecule has 12 atom stereocenters. The number of carboxylic acids is 1. The Balaban J connectivity index is 1.08. The van der Waals surface area contributed by atoms with Crippen LogP contribution in [-0.4, -0.2) is 58.4 Å². The van der Waals surface area contributed by atoms with Crippen molar-refractivity contribution in [3.63, 3.8) is 0 Å². The minimum absolute atomic E-state index is 0.0228. The summed E-state index contributed by atoms with van der Waals surface area (Å²) in [4.78, 5) is 66.7. The van der Waals surface area contributed by atoms with Gasteiger partial charge in [0.05, 0.1) is 12.5 Å². The maximum absolute atomic E-state index is 14.3. The van der Waals surface area contributed by atoms with Crippen LogP contribution in [0.1, 0.15) is 149 Å². The quantitative estimate of drug-likeness (QED) is 0.116. The summed E-state index contributed by atoms with van der Waals surface area (Å²) in [6.07, 6.45) is 10.1. The molecule has 10 nitrogen and oxygen atoms in total. The third-order valence-electron chi connectivity index (χ3n) is 18.3. The second-order valence-electron chi connectivity index (χ2n) is 22.1. The van der Waals surface area contributed by atoms with E-state index in [0.29, 0.717) is 60.6 Å². The van der Waals surface area contributed by atoms with Crippen molar-refractivity contribution in [1.29, 1.82) is 0 Å². The first-order chi connectivity index (χ1) is 28.6. The van der Waals surface area contributed by atoms with Crippen molar-refractivity contribution in [2.45, 2.75) is 144 Å². The van der Waals surface area contributed by atoms with Crippen molar-refractivity contribution in [3.05, 3.63) is 46.0 Å². The number of hydrogen-bond donors (Lipinski definition) is 5. The molecule has 0 heterocycles. The lowest BCUT2D eigenvalue weighted by atomic mass is 9.35. The van der Waals surface area contributed by atoms with Crippen LogP contribution in [0.5, 0.6) is 0 Å². The Kier molecular flexibility index (Phi) is 12.7. The Labute approximate surface area is 368 Å². The van der Waals surface area contributed by atoms with Crippen LogP contribution in [0.25, 0.3) is 0 Å². The van der Waals surface area contributed by atoms with Crippen LogP contribution in [0.15, 0.2) is 35.4 Å². The van der Waals surface area contributed by atoms with Gasteiger partial charge in [0, 0.05) is 41.2 Å². The van der Waals surface area contributed by atoms with E-state index in [1.54, 1.807) is 24.3 Å². The number of allylic oxidation sites excluding steroid dienone is 2. The van der Waals surface area contributed by atoms with E-state index in [0.717, 1.165) is 56.9 Å². The Morgan fingerprint density at radius 1 is 0.934 bits per heavy atom. The number of halogens is 1. The number of benzene rings is 1. The molecule has 0 aromatic heterocycles. The number of hydrogen-bond acceptors (Lipinski definition) is 7. The molecule has 336 valence electrons. The Morgan fingerprint density at radius 2 is 1.62 bits per heavy atom. The number of aliphatic hydroxyl groups is 1. The molecule has 6 aliphatic carbocycles. The first kappa shape index (κ1) is 45.9. The minimum Gasteiger partial charge on any atom is -0.481 e. The number of carbonyl (C=O) groups is 5. The fourth-order valence-corrected chi connectivity index (χ4v) is 15.3. The van der Waals surface area contributed by atoms with Gasteiger partial charge in [-0.2, -0.15) is 0 Å². The van der Waals surface area contributed by atoms with E-state index >= 15 is 0 Å². The van der Waals surface area contributed by atoms with E-state index in [1.165, 1.54) is 5.57 Å². The van der Waals surface area contributed by atoms with Crippen LogP contribution in [0.3, 0.4) is 0 Å². The first-order valence-corrected chi connectivity index (χ1v) is 23.8. The number of nitrogens with one attached hydrogen (secondary N) is 2. The van der Waals surface area contributed by atoms with E-state index < -0.39 is 28.9 Å².